The fourth-order valence-corrected chi connectivity index (χ4v) is 5.41. The second-order valence-electron chi connectivity index (χ2n) is 12.7. The first-order chi connectivity index (χ1) is 28.3. The molecule has 15 nitrogen and oxygen atoms in total. The van der Waals surface area contributed by atoms with Crippen LogP contribution in [0.5, 0.6) is 5.75 Å². The van der Waals surface area contributed by atoms with Crippen LogP contribution in [0.3, 0.4) is 0 Å². The van der Waals surface area contributed by atoms with Crippen LogP contribution in [0.4, 0.5) is 39.5 Å². The maximum atomic E-state index is 13.3. The molecule has 0 radical (unpaired) electrons. The lowest BCUT2D eigenvalue weighted by atomic mass is 9.85. The van der Waals surface area contributed by atoms with Crippen LogP contribution in [-0.2, 0) is 32.3 Å². The third kappa shape index (κ3) is 17.7. The van der Waals surface area contributed by atoms with E-state index in [1.54, 1.807) is 35.9 Å². The van der Waals surface area contributed by atoms with Gasteiger partial charge in [-0.3, -0.25) is 29.7 Å². The Morgan fingerprint density at radius 1 is 0.803 bits per heavy atom. The lowest BCUT2D eigenvalue weighted by Gasteiger charge is -2.43. The fourth-order valence-electron chi connectivity index (χ4n) is 5.41. The number of nitrogens with zero attached hydrogens (tertiary/aromatic N) is 3. The van der Waals surface area contributed by atoms with Gasteiger partial charge in [0.15, 0.2) is 0 Å². The number of aryl methyl sites for hydroxylation is 1. The topological polar surface area (TPSA) is 229 Å². The molecule has 0 bridgehead atoms. The quantitative estimate of drug-likeness (QED) is 0.0638. The molecule has 24 heteroatoms. The van der Waals surface area contributed by atoms with Gasteiger partial charge in [0.05, 0.1) is 23.2 Å². The molecule has 1 fully saturated rings. The van der Waals surface area contributed by atoms with Crippen LogP contribution in [0.1, 0.15) is 46.6 Å². The molecule has 2 aromatic carbocycles. The normalized spacial score (nSPS) is 15.3. The monoisotopic (exact) mass is 881 g/mol. The number of fused-ring (bicyclic) bond motifs is 1. The Balaban J connectivity index is 0.000000502. The van der Waals surface area contributed by atoms with Gasteiger partial charge in [0.25, 0.3) is 5.91 Å². The van der Waals surface area contributed by atoms with E-state index in [1.807, 2.05) is 55.5 Å². The number of amides is 2. The van der Waals surface area contributed by atoms with Crippen molar-refractivity contribution in [1.82, 2.24) is 25.7 Å². The molecular formula is C37H36F9N5O10. The predicted molar refractivity (Wildman–Crippen MR) is 192 cm³/mol. The largest absolute Gasteiger partial charge is 0.490 e. The molecule has 0 aliphatic carbocycles. The number of rotatable bonds is 9. The lowest BCUT2D eigenvalue weighted by Crippen LogP contribution is -2.60. The van der Waals surface area contributed by atoms with Crippen molar-refractivity contribution in [3.8, 4) is 5.75 Å². The number of pyridine rings is 2. The molecule has 0 spiro atoms. The van der Waals surface area contributed by atoms with Gasteiger partial charge in [-0.1, -0.05) is 24.3 Å². The summed E-state index contributed by atoms with van der Waals surface area (Å²) in [5.41, 5.74) is 5.17. The Hall–Kier alpha value is -6.56. The SMILES string of the molecule is Cc1cc(COc2ccc(C(=O)NC3(CC(=O)NO)CCCN(Cc4ccccn4)C3)cc2)c2ccccc2n1.O=C(O)C(F)(F)F.O=C(O)C(F)(F)F.O=C(O)C(F)(F)F. The molecule has 2 amide bonds. The van der Waals surface area contributed by atoms with E-state index in [4.69, 9.17) is 34.4 Å². The highest BCUT2D eigenvalue weighted by Crippen LogP contribution is 2.27. The summed E-state index contributed by atoms with van der Waals surface area (Å²) in [6.45, 7) is 4.24. The number of hydrogen-bond donors (Lipinski definition) is 6. The molecule has 2 aromatic heterocycles. The number of carbonyl (C=O) groups excluding carboxylic acids is 2. The number of aliphatic carboxylic acids is 3. The zero-order chi connectivity index (χ0) is 46.2. The minimum atomic E-state index is -5.08. The number of aromatic nitrogens is 2. The number of halogens is 9. The van der Waals surface area contributed by atoms with Crippen LogP contribution in [-0.4, -0.2) is 102 Å². The number of carboxylic acids is 3. The number of alkyl halides is 9. The number of likely N-dealkylation sites (tertiary alicyclic amines) is 1. The number of piperidine rings is 1. The Labute approximate surface area is 338 Å². The molecular weight excluding hydrogens is 845 g/mol. The molecule has 6 N–H and O–H groups in total. The van der Waals surface area contributed by atoms with Crippen molar-refractivity contribution in [2.45, 2.75) is 63.4 Å². The van der Waals surface area contributed by atoms with Crippen molar-refractivity contribution in [3.05, 3.63) is 102 Å². The summed E-state index contributed by atoms with van der Waals surface area (Å²) in [6.07, 6.45) is -12.1. The number of hydrogen-bond acceptors (Lipinski definition) is 10. The molecule has 332 valence electrons. The Morgan fingerprint density at radius 3 is 1.85 bits per heavy atom. The van der Waals surface area contributed by atoms with Crippen LogP contribution < -0.4 is 15.5 Å². The highest BCUT2D eigenvalue weighted by Gasteiger charge is 2.40. The van der Waals surface area contributed by atoms with E-state index >= 15 is 0 Å². The van der Waals surface area contributed by atoms with Gasteiger partial charge >= 0.3 is 36.4 Å². The third-order valence-corrected chi connectivity index (χ3v) is 7.94. The van der Waals surface area contributed by atoms with Gasteiger partial charge in [-0.15, -0.1) is 0 Å². The Bertz CT molecular complexity index is 2050. The zero-order valence-electron chi connectivity index (χ0n) is 31.4. The van der Waals surface area contributed by atoms with Gasteiger partial charge < -0.3 is 25.4 Å². The van der Waals surface area contributed by atoms with Gasteiger partial charge in [0, 0.05) is 41.5 Å². The number of benzene rings is 2. The number of carboxylic acid groups (broad SMARTS) is 3. The summed E-state index contributed by atoms with van der Waals surface area (Å²) >= 11 is 0. The van der Waals surface area contributed by atoms with Crippen molar-refractivity contribution >= 4 is 40.6 Å². The molecule has 1 aliphatic heterocycles. The third-order valence-electron chi connectivity index (χ3n) is 7.94. The van der Waals surface area contributed by atoms with E-state index in [9.17, 15) is 54.3 Å². The fraction of sp³-hybridized carbons (Fsp3) is 0.324. The number of ether oxygens (including phenoxy) is 1. The van der Waals surface area contributed by atoms with Gasteiger partial charge in [-0.2, -0.15) is 39.5 Å². The molecule has 1 unspecified atom stereocenters. The number of para-hydroxylation sites is 1. The standard InChI is InChI=1S/C31H33N5O4.3C2HF3O2/c1-22-17-24(27-8-2-3-9-28(27)33-22)20-40-26-12-10-23(11-13-26)30(38)34-31(18-29(37)35-39)14-6-16-36(21-31)19-25-7-4-5-15-32-25;3*3-2(4,5)1(6)7/h2-5,7-13,15,17,39H,6,14,16,18-21H2,1H3,(H,34,38)(H,35,37);3*(H,6,7). The Kier molecular flexibility index (Phi) is 18.4. The van der Waals surface area contributed by atoms with E-state index in [0.717, 1.165) is 40.8 Å². The smallest absolute Gasteiger partial charge is 0.489 e. The molecule has 1 aliphatic rings. The summed E-state index contributed by atoms with van der Waals surface area (Å²) in [5, 5.41) is 34.8. The van der Waals surface area contributed by atoms with E-state index in [-0.39, 0.29) is 12.3 Å². The first-order valence-electron chi connectivity index (χ1n) is 17.1. The van der Waals surface area contributed by atoms with Crippen molar-refractivity contribution in [2.24, 2.45) is 0 Å². The molecule has 0 saturated carbocycles. The maximum Gasteiger partial charge on any atom is 0.490 e. The van der Waals surface area contributed by atoms with E-state index in [1.165, 1.54) is 0 Å². The van der Waals surface area contributed by atoms with Gasteiger partial charge in [0.2, 0.25) is 5.91 Å². The first kappa shape index (κ1) is 50.6. The maximum absolute atomic E-state index is 13.3. The summed E-state index contributed by atoms with van der Waals surface area (Å²) in [4.78, 5) is 63.4. The highest BCUT2D eigenvalue weighted by molar-refractivity contribution is 5.95. The van der Waals surface area contributed by atoms with Crippen LogP contribution in [0, 0.1) is 6.92 Å². The molecule has 4 aromatic rings. The molecule has 1 atom stereocenters. The lowest BCUT2D eigenvalue weighted by molar-refractivity contribution is -0.193. The minimum Gasteiger partial charge on any atom is -0.489 e. The van der Waals surface area contributed by atoms with Gasteiger partial charge in [-0.25, -0.2) is 19.9 Å². The summed E-state index contributed by atoms with van der Waals surface area (Å²) in [5.74, 6) is -8.45. The molecule has 61 heavy (non-hydrogen) atoms. The van der Waals surface area contributed by atoms with Crippen molar-refractivity contribution in [2.75, 3.05) is 13.1 Å². The van der Waals surface area contributed by atoms with E-state index in [2.05, 4.69) is 20.2 Å². The molecule has 3 heterocycles. The second-order valence-corrected chi connectivity index (χ2v) is 12.7. The summed E-state index contributed by atoms with van der Waals surface area (Å²) in [7, 11) is 0. The highest BCUT2D eigenvalue weighted by atomic mass is 19.4. The van der Waals surface area contributed by atoms with Crippen LogP contribution in [0.15, 0.2) is 79.0 Å². The summed E-state index contributed by atoms with van der Waals surface area (Å²) in [6, 6.07) is 22.7. The molecule has 5 rings (SSSR count). The Morgan fingerprint density at radius 2 is 1.34 bits per heavy atom. The number of nitrogens with one attached hydrogen (secondary N) is 2. The number of carbonyl (C=O) groups is 5. The second kappa shape index (κ2) is 22.2. The van der Waals surface area contributed by atoms with Crippen LogP contribution in [0.2, 0.25) is 0 Å². The van der Waals surface area contributed by atoms with Gasteiger partial charge in [0.1, 0.15) is 12.4 Å². The molecule has 1 saturated heterocycles. The predicted octanol–water partition coefficient (Wildman–Crippen LogP) is 6.08. The van der Waals surface area contributed by atoms with E-state index < -0.39 is 47.9 Å². The van der Waals surface area contributed by atoms with Crippen molar-refractivity contribution in [1.29, 1.82) is 0 Å². The zero-order valence-corrected chi connectivity index (χ0v) is 31.4. The minimum absolute atomic E-state index is 0.0333. The average molecular weight is 882 g/mol. The van der Waals surface area contributed by atoms with Gasteiger partial charge in [-0.05, 0) is 74.8 Å². The average Bonchev–Trinajstić information content (AvgIpc) is 3.17. The van der Waals surface area contributed by atoms with E-state index in [0.29, 0.717) is 37.4 Å². The van der Waals surface area contributed by atoms with Crippen molar-refractivity contribution in [3.63, 3.8) is 0 Å². The summed E-state index contributed by atoms with van der Waals surface area (Å²) < 4.78 is 101. The van der Waals surface area contributed by atoms with Crippen molar-refractivity contribution < 1.29 is 88.8 Å². The van der Waals surface area contributed by atoms with Crippen LogP contribution >= 0.6 is 0 Å². The first-order valence-corrected chi connectivity index (χ1v) is 17.1. The van der Waals surface area contributed by atoms with Crippen LogP contribution in [0.25, 0.3) is 10.9 Å². The number of hydroxylamine groups is 1.